The molecule has 2 rings (SSSR count). The molecule has 1 aliphatic heterocycles. The van der Waals surface area contributed by atoms with Crippen LogP contribution in [0.2, 0.25) is 0 Å². The van der Waals surface area contributed by atoms with Crippen LogP contribution < -0.4 is 4.90 Å². The first kappa shape index (κ1) is 14.8. The number of hydrogen-bond acceptors (Lipinski definition) is 3. The van der Waals surface area contributed by atoms with Crippen molar-refractivity contribution < 1.29 is 5.11 Å². The molecule has 1 aromatic rings. The Bertz CT molecular complexity index is 419. The fraction of sp³-hybridized carbons (Fsp3) is 0.600. The van der Waals surface area contributed by atoms with E-state index in [1.54, 1.807) is 0 Å². The van der Waals surface area contributed by atoms with Crippen molar-refractivity contribution in [1.29, 1.82) is 0 Å². The first-order valence-corrected chi connectivity index (χ1v) is 7.52. The molecular formula is C15H23BrN2O. The SMILES string of the molecule is CN1CC(CO)N(c2ccc(Br)cc2)CC(C)(C)C1. The zero-order chi connectivity index (χ0) is 14.0. The Morgan fingerprint density at radius 3 is 2.47 bits per heavy atom. The van der Waals surface area contributed by atoms with E-state index < -0.39 is 0 Å². The highest BCUT2D eigenvalue weighted by atomic mass is 79.9. The number of nitrogens with zero attached hydrogens (tertiary/aromatic N) is 2. The van der Waals surface area contributed by atoms with Crippen molar-refractivity contribution >= 4 is 21.6 Å². The van der Waals surface area contributed by atoms with Gasteiger partial charge in [-0.2, -0.15) is 0 Å². The van der Waals surface area contributed by atoms with E-state index in [9.17, 15) is 5.11 Å². The summed E-state index contributed by atoms with van der Waals surface area (Å²) < 4.78 is 1.09. The monoisotopic (exact) mass is 326 g/mol. The third-order valence-corrected chi connectivity index (χ3v) is 4.16. The molecule has 1 fully saturated rings. The van der Waals surface area contributed by atoms with Crippen molar-refractivity contribution in [2.24, 2.45) is 5.41 Å². The first-order valence-electron chi connectivity index (χ1n) is 6.73. The third-order valence-electron chi connectivity index (χ3n) is 3.63. The van der Waals surface area contributed by atoms with E-state index in [2.05, 4.69) is 70.9 Å². The highest BCUT2D eigenvalue weighted by molar-refractivity contribution is 9.10. The minimum Gasteiger partial charge on any atom is -0.394 e. The van der Waals surface area contributed by atoms with Crippen molar-refractivity contribution in [3.05, 3.63) is 28.7 Å². The van der Waals surface area contributed by atoms with E-state index in [-0.39, 0.29) is 18.1 Å². The molecule has 1 atom stereocenters. The zero-order valence-corrected chi connectivity index (χ0v) is 13.5. The number of anilines is 1. The van der Waals surface area contributed by atoms with Gasteiger partial charge in [0.1, 0.15) is 0 Å². The normalized spacial score (nSPS) is 24.3. The number of likely N-dealkylation sites (N-methyl/N-ethyl adjacent to an activating group) is 1. The van der Waals surface area contributed by atoms with Gasteiger partial charge in [0.05, 0.1) is 12.6 Å². The highest BCUT2D eigenvalue weighted by Crippen LogP contribution is 2.29. The van der Waals surface area contributed by atoms with Crippen LogP contribution in [0.25, 0.3) is 0 Å². The lowest BCUT2D eigenvalue weighted by Gasteiger charge is -2.35. The largest absolute Gasteiger partial charge is 0.394 e. The van der Waals surface area contributed by atoms with Crippen LogP contribution in [0.4, 0.5) is 5.69 Å². The Hall–Kier alpha value is -0.580. The van der Waals surface area contributed by atoms with Gasteiger partial charge in [0.2, 0.25) is 0 Å². The van der Waals surface area contributed by atoms with Gasteiger partial charge in [-0.25, -0.2) is 0 Å². The minimum atomic E-state index is 0.160. The smallest absolute Gasteiger partial charge is 0.0648 e. The molecule has 0 aromatic heterocycles. The molecule has 1 N–H and O–H groups in total. The van der Waals surface area contributed by atoms with Crippen LogP contribution in [-0.2, 0) is 0 Å². The lowest BCUT2D eigenvalue weighted by atomic mass is 9.92. The number of aliphatic hydroxyl groups is 1. The van der Waals surface area contributed by atoms with Crippen molar-refractivity contribution in [2.45, 2.75) is 19.9 Å². The maximum absolute atomic E-state index is 9.71. The first-order chi connectivity index (χ1) is 8.91. The molecule has 1 aromatic carbocycles. The second kappa shape index (κ2) is 5.81. The summed E-state index contributed by atoms with van der Waals surface area (Å²) in [7, 11) is 2.13. The molecule has 1 unspecified atom stereocenters. The molecule has 1 saturated heterocycles. The second-order valence-electron chi connectivity index (χ2n) is 6.30. The average Bonchev–Trinajstić information content (AvgIpc) is 2.45. The standard InChI is InChI=1S/C15H23BrN2O/c1-15(2)10-17(3)8-14(9-19)18(11-15)13-6-4-12(16)5-7-13/h4-7,14,19H,8-11H2,1-3H3. The van der Waals surface area contributed by atoms with Crippen LogP contribution in [-0.4, -0.2) is 49.3 Å². The Kier molecular flexibility index (Phi) is 4.54. The average molecular weight is 327 g/mol. The van der Waals surface area contributed by atoms with Gasteiger partial charge in [-0.1, -0.05) is 29.8 Å². The molecule has 1 aliphatic rings. The van der Waals surface area contributed by atoms with Gasteiger partial charge >= 0.3 is 0 Å². The summed E-state index contributed by atoms with van der Waals surface area (Å²) in [5, 5.41) is 9.71. The van der Waals surface area contributed by atoms with Crippen LogP contribution in [0.15, 0.2) is 28.7 Å². The van der Waals surface area contributed by atoms with Crippen LogP contribution in [0.5, 0.6) is 0 Å². The molecule has 0 amide bonds. The number of halogens is 1. The maximum atomic E-state index is 9.71. The Labute approximate surface area is 124 Å². The fourth-order valence-electron chi connectivity index (χ4n) is 2.98. The van der Waals surface area contributed by atoms with Gasteiger partial charge in [-0.05, 0) is 36.7 Å². The molecule has 0 saturated carbocycles. The van der Waals surface area contributed by atoms with Gasteiger partial charge in [0, 0.05) is 29.8 Å². The van der Waals surface area contributed by atoms with Crippen LogP contribution in [0.1, 0.15) is 13.8 Å². The summed E-state index contributed by atoms with van der Waals surface area (Å²) in [6.07, 6.45) is 0. The number of aliphatic hydroxyl groups excluding tert-OH is 1. The Balaban J connectivity index is 2.30. The zero-order valence-electron chi connectivity index (χ0n) is 11.9. The predicted octanol–water partition coefficient (Wildman–Crippen LogP) is 2.59. The second-order valence-corrected chi connectivity index (χ2v) is 7.22. The summed E-state index contributed by atoms with van der Waals surface area (Å²) in [4.78, 5) is 4.66. The summed E-state index contributed by atoms with van der Waals surface area (Å²) in [5.41, 5.74) is 1.40. The van der Waals surface area contributed by atoms with Crippen molar-refractivity contribution in [1.82, 2.24) is 4.90 Å². The van der Waals surface area contributed by atoms with E-state index >= 15 is 0 Å². The molecule has 106 valence electrons. The van der Waals surface area contributed by atoms with Gasteiger partial charge in [0.25, 0.3) is 0 Å². The van der Waals surface area contributed by atoms with Gasteiger partial charge < -0.3 is 14.9 Å². The lowest BCUT2D eigenvalue weighted by molar-refractivity contribution is 0.213. The fourth-order valence-corrected chi connectivity index (χ4v) is 3.25. The van der Waals surface area contributed by atoms with Crippen LogP contribution in [0.3, 0.4) is 0 Å². The summed E-state index contributed by atoms with van der Waals surface area (Å²) >= 11 is 3.47. The van der Waals surface area contributed by atoms with E-state index in [4.69, 9.17) is 0 Å². The number of hydrogen-bond donors (Lipinski definition) is 1. The van der Waals surface area contributed by atoms with Crippen LogP contribution in [0, 0.1) is 5.41 Å². The van der Waals surface area contributed by atoms with Gasteiger partial charge in [-0.3, -0.25) is 0 Å². The molecule has 1 heterocycles. The minimum absolute atomic E-state index is 0.160. The molecule has 19 heavy (non-hydrogen) atoms. The van der Waals surface area contributed by atoms with Crippen molar-refractivity contribution in [2.75, 3.05) is 38.2 Å². The van der Waals surface area contributed by atoms with E-state index in [0.29, 0.717) is 0 Å². The third kappa shape index (κ3) is 3.71. The quantitative estimate of drug-likeness (QED) is 0.904. The lowest BCUT2D eigenvalue weighted by Crippen LogP contribution is -2.44. The van der Waals surface area contributed by atoms with Crippen molar-refractivity contribution in [3.8, 4) is 0 Å². The summed E-state index contributed by atoms with van der Waals surface area (Å²) in [6, 6.07) is 8.52. The van der Waals surface area contributed by atoms with E-state index in [1.165, 1.54) is 5.69 Å². The molecule has 0 bridgehead atoms. The molecular weight excluding hydrogens is 304 g/mol. The molecule has 0 aliphatic carbocycles. The van der Waals surface area contributed by atoms with E-state index in [0.717, 1.165) is 24.1 Å². The van der Waals surface area contributed by atoms with E-state index in [1.807, 2.05) is 0 Å². The number of rotatable bonds is 2. The predicted molar refractivity (Wildman–Crippen MR) is 83.6 cm³/mol. The van der Waals surface area contributed by atoms with Gasteiger partial charge in [-0.15, -0.1) is 0 Å². The molecule has 0 radical (unpaired) electrons. The Morgan fingerprint density at radius 1 is 1.26 bits per heavy atom. The van der Waals surface area contributed by atoms with Crippen molar-refractivity contribution in [3.63, 3.8) is 0 Å². The highest BCUT2D eigenvalue weighted by Gasteiger charge is 2.32. The van der Waals surface area contributed by atoms with Gasteiger partial charge in [0.15, 0.2) is 0 Å². The molecule has 3 nitrogen and oxygen atoms in total. The summed E-state index contributed by atoms with van der Waals surface area (Å²) in [6.45, 7) is 7.68. The molecule has 0 spiro atoms. The topological polar surface area (TPSA) is 26.7 Å². The Morgan fingerprint density at radius 2 is 1.89 bits per heavy atom. The summed E-state index contributed by atoms with van der Waals surface area (Å²) in [5.74, 6) is 0. The maximum Gasteiger partial charge on any atom is 0.0648 e. The van der Waals surface area contributed by atoms with Crippen LogP contribution >= 0.6 is 15.9 Å². The molecule has 4 heteroatoms. The number of benzene rings is 1.